The molecule has 0 saturated heterocycles. The Kier molecular flexibility index (Phi) is 3.91. The van der Waals surface area contributed by atoms with Crippen LogP contribution in [0.1, 0.15) is 5.56 Å². The van der Waals surface area contributed by atoms with Gasteiger partial charge in [-0.1, -0.05) is 0 Å². The van der Waals surface area contributed by atoms with Gasteiger partial charge in [0.2, 0.25) is 9.84 Å². The summed E-state index contributed by atoms with van der Waals surface area (Å²) in [5.74, 6) is 0.154. The molecule has 0 fully saturated rings. The van der Waals surface area contributed by atoms with E-state index in [2.05, 4.69) is 4.74 Å². The molecule has 2 N–H and O–H groups in total. The van der Waals surface area contributed by atoms with E-state index in [1.807, 2.05) is 6.07 Å². The Morgan fingerprint density at radius 2 is 1.48 bits per heavy atom. The zero-order chi connectivity index (χ0) is 15.5. The molecule has 0 unspecified atom stereocenters. The summed E-state index contributed by atoms with van der Waals surface area (Å²) in [5.41, 5.74) is 5.24. The average molecular weight is 302 g/mol. The van der Waals surface area contributed by atoms with Crippen LogP contribution in [-0.4, -0.2) is 14.5 Å². The third kappa shape index (κ3) is 3.19. The summed E-state index contributed by atoms with van der Waals surface area (Å²) in [4.78, 5) is 10.7. The summed E-state index contributed by atoms with van der Waals surface area (Å²) in [6.45, 7) is 0. The Morgan fingerprint density at radius 3 is 1.90 bits per heavy atom. The van der Waals surface area contributed by atoms with Crippen LogP contribution < -0.4 is 10.5 Å². The van der Waals surface area contributed by atoms with Crippen LogP contribution in [-0.2, 0) is 9.84 Å². The molecule has 1 amide bonds. The number of carbonyl (C=O) groups excluding carboxylic acids is 1. The number of benzene rings is 2. The first-order valence-corrected chi connectivity index (χ1v) is 7.24. The van der Waals surface area contributed by atoms with Crippen molar-refractivity contribution in [2.75, 3.05) is 0 Å². The molecular weight excluding hydrogens is 292 g/mol. The molecule has 0 aliphatic rings. The summed E-state index contributed by atoms with van der Waals surface area (Å²) in [7, 11) is -3.69. The van der Waals surface area contributed by atoms with Crippen LogP contribution in [0.15, 0.2) is 58.3 Å². The molecule has 0 aliphatic heterocycles. The van der Waals surface area contributed by atoms with Crippen molar-refractivity contribution < 1.29 is 17.9 Å². The zero-order valence-corrected chi connectivity index (χ0v) is 11.5. The molecule has 0 aliphatic carbocycles. The van der Waals surface area contributed by atoms with Gasteiger partial charge in [-0.15, -0.1) is 0 Å². The maximum Gasteiger partial charge on any atom is 0.409 e. The molecule has 7 heteroatoms. The molecule has 21 heavy (non-hydrogen) atoms. The number of rotatable bonds is 3. The fourth-order valence-electron chi connectivity index (χ4n) is 1.65. The predicted molar refractivity (Wildman–Crippen MR) is 73.3 cm³/mol. The van der Waals surface area contributed by atoms with Crippen LogP contribution in [0.3, 0.4) is 0 Å². The van der Waals surface area contributed by atoms with E-state index in [0.717, 1.165) is 0 Å². The van der Waals surface area contributed by atoms with E-state index >= 15 is 0 Å². The molecular formula is C14H10N2O4S. The van der Waals surface area contributed by atoms with E-state index < -0.39 is 15.9 Å². The van der Waals surface area contributed by atoms with Gasteiger partial charge >= 0.3 is 6.09 Å². The van der Waals surface area contributed by atoms with Crippen LogP contribution in [0, 0.1) is 11.3 Å². The quantitative estimate of drug-likeness (QED) is 0.930. The average Bonchev–Trinajstić information content (AvgIpc) is 2.47. The Balaban J connectivity index is 2.34. The van der Waals surface area contributed by atoms with Gasteiger partial charge in [0.05, 0.1) is 21.4 Å². The Bertz CT molecular complexity index is 804. The number of hydrogen-bond donors (Lipinski definition) is 1. The van der Waals surface area contributed by atoms with Gasteiger partial charge in [0.1, 0.15) is 5.75 Å². The number of sulfone groups is 1. The monoisotopic (exact) mass is 302 g/mol. The lowest BCUT2D eigenvalue weighted by atomic mass is 10.2. The van der Waals surface area contributed by atoms with Gasteiger partial charge in [-0.2, -0.15) is 5.26 Å². The first-order chi connectivity index (χ1) is 9.93. The van der Waals surface area contributed by atoms with Crippen molar-refractivity contribution in [3.05, 3.63) is 54.1 Å². The molecule has 0 spiro atoms. The third-order valence-corrected chi connectivity index (χ3v) is 4.43. The number of nitrogens with zero attached hydrogens (tertiary/aromatic N) is 1. The van der Waals surface area contributed by atoms with Crippen molar-refractivity contribution in [3.8, 4) is 11.8 Å². The maximum atomic E-state index is 12.4. The summed E-state index contributed by atoms with van der Waals surface area (Å²) in [6, 6.07) is 12.8. The second-order valence-corrected chi connectivity index (χ2v) is 5.98. The highest BCUT2D eigenvalue weighted by molar-refractivity contribution is 7.91. The van der Waals surface area contributed by atoms with E-state index in [0.29, 0.717) is 5.56 Å². The van der Waals surface area contributed by atoms with Gasteiger partial charge in [-0.3, -0.25) is 0 Å². The number of nitriles is 1. The first-order valence-electron chi connectivity index (χ1n) is 5.76. The van der Waals surface area contributed by atoms with Crippen LogP contribution in [0.2, 0.25) is 0 Å². The highest BCUT2D eigenvalue weighted by Gasteiger charge is 2.17. The van der Waals surface area contributed by atoms with Gasteiger partial charge in [-0.25, -0.2) is 13.2 Å². The van der Waals surface area contributed by atoms with Crippen LogP contribution in [0.4, 0.5) is 4.79 Å². The number of nitrogens with two attached hydrogens (primary N) is 1. The van der Waals surface area contributed by atoms with Crippen LogP contribution in [0.5, 0.6) is 5.75 Å². The molecule has 2 rings (SSSR count). The lowest BCUT2D eigenvalue weighted by Gasteiger charge is -2.06. The number of ether oxygens (including phenoxy) is 1. The lowest BCUT2D eigenvalue weighted by Crippen LogP contribution is -2.16. The van der Waals surface area contributed by atoms with Gasteiger partial charge in [0.25, 0.3) is 0 Å². The highest BCUT2D eigenvalue weighted by atomic mass is 32.2. The fourth-order valence-corrected chi connectivity index (χ4v) is 2.91. The molecule has 0 saturated carbocycles. The summed E-state index contributed by atoms with van der Waals surface area (Å²) >= 11 is 0. The van der Waals surface area contributed by atoms with Crippen molar-refractivity contribution in [3.63, 3.8) is 0 Å². The predicted octanol–water partition coefficient (Wildman–Crippen LogP) is 1.85. The van der Waals surface area contributed by atoms with E-state index in [-0.39, 0.29) is 15.5 Å². The molecule has 2 aromatic rings. The molecule has 0 aromatic heterocycles. The largest absolute Gasteiger partial charge is 0.411 e. The summed E-state index contributed by atoms with van der Waals surface area (Å²) in [6.07, 6.45) is -0.974. The standard InChI is InChI=1S/C14H10N2O4S/c15-9-10-1-5-12(6-2-10)21(18,19)13-7-3-11(4-8-13)20-14(16)17/h1-8H,(H2,16,17). The second-order valence-electron chi connectivity index (χ2n) is 4.03. The minimum absolute atomic E-state index is 0.0454. The van der Waals surface area contributed by atoms with E-state index in [1.54, 1.807) is 0 Å². The van der Waals surface area contributed by atoms with Gasteiger partial charge in [-0.05, 0) is 48.5 Å². The van der Waals surface area contributed by atoms with Crippen molar-refractivity contribution in [2.45, 2.75) is 9.79 Å². The molecule has 106 valence electrons. The topological polar surface area (TPSA) is 110 Å². The zero-order valence-electron chi connectivity index (χ0n) is 10.7. The number of carbonyl (C=O) groups is 1. The second kappa shape index (κ2) is 5.64. The molecule has 0 bridgehead atoms. The highest BCUT2D eigenvalue weighted by Crippen LogP contribution is 2.23. The number of primary amides is 1. The molecule has 0 radical (unpaired) electrons. The molecule has 2 aromatic carbocycles. The first kappa shape index (κ1) is 14.6. The summed E-state index contributed by atoms with van der Waals surface area (Å²) < 4.78 is 29.3. The van der Waals surface area contributed by atoms with E-state index in [1.165, 1.54) is 48.5 Å². The van der Waals surface area contributed by atoms with Crippen molar-refractivity contribution in [1.29, 1.82) is 5.26 Å². The maximum absolute atomic E-state index is 12.4. The molecule has 0 atom stereocenters. The molecule has 6 nitrogen and oxygen atoms in total. The normalized spacial score (nSPS) is 10.6. The SMILES string of the molecule is N#Cc1ccc(S(=O)(=O)c2ccc(OC(N)=O)cc2)cc1. The van der Waals surface area contributed by atoms with Crippen LogP contribution >= 0.6 is 0 Å². The van der Waals surface area contributed by atoms with E-state index in [4.69, 9.17) is 11.0 Å². The Morgan fingerprint density at radius 1 is 1.00 bits per heavy atom. The minimum Gasteiger partial charge on any atom is -0.411 e. The fraction of sp³-hybridized carbons (Fsp3) is 0. The Labute approximate surface area is 121 Å². The van der Waals surface area contributed by atoms with Crippen LogP contribution in [0.25, 0.3) is 0 Å². The van der Waals surface area contributed by atoms with Crippen molar-refractivity contribution in [2.24, 2.45) is 5.73 Å². The third-order valence-electron chi connectivity index (χ3n) is 2.65. The van der Waals surface area contributed by atoms with Gasteiger partial charge < -0.3 is 10.5 Å². The van der Waals surface area contributed by atoms with Crippen molar-refractivity contribution >= 4 is 15.9 Å². The van der Waals surface area contributed by atoms with Gasteiger partial charge in [0, 0.05) is 0 Å². The minimum atomic E-state index is -3.69. The number of amides is 1. The lowest BCUT2D eigenvalue weighted by molar-refractivity contribution is 0.211. The smallest absolute Gasteiger partial charge is 0.409 e. The van der Waals surface area contributed by atoms with Gasteiger partial charge in [0.15, 0.2) is 0 Å². The van der Waals surface area contributed by atoms with E-state index in [9.17, 15) is 13.2 Å². The molecule has 0 heterocycles. The number of hydrogen-bond acceptors (Lipinski definition) is 5. The van der Waals surface area contributed by atoms with Crippen molar-refractivity contribution in [1.82, 2.24) is 0 Å². The summed E-state index contributed by atoms with van der Waals surface area (Å²) in [5, 5.41) is 8.70. The Hall–Kier alpha value is -2.85.